The van der Waals surface area contributed by atoms with Gasteiger partial charge in [-0.05, 0) is 114 Å². The van der Waals surface area contributed by atoms with Crippen molar-refractivity contribution < 1.29 is 0 Å². The Balaban J connectivity index is 1.31. The molecule has 0 fully saturated rings. The molecular weight excluding hydrogens is 480 g/mol. The highest BCUT2D eigenvalue weighted by molar-refractivity contribution is 6.17. The minimum absolute atomic E-state index is 1.13. The van der Waals surface area contributed by atoms with Crippen molar-refractivity contribution in [3.63, 3.8) is 0 Å². The summed E-state index contributed by atoms with van der Waals surface area (Å²) in [6.45, 7) is 4.48. The first-order valence-corrected chi connectivity index (χ1v) is 14.7. The number of rotatable bonds is 6. The molecule has 0 amide bonds. The monoisotopic (exact) mass is 514 g/mol. The second kappa shape index (κ2) is 10.3. The Hall–Kier alpha value is -4.42. The summed E-state index contributed by atoms with van der Waals surface area (Å²) in [7, 11) is 0. The molecule has 0 unspecified atom stereocenters. The minimum Gasteiger partial charge on any atom is -0.0651 e. The summed E-state index contributed by atoms with van der Waals surface area (Å²) in [5.41, 5.74) is 7.99. The Labute approximate surface area is 236 Å². The molecule has 7 rings (SSSR count). The minimum atomic E-state index is 1.13. The summed E-state index contributed by atoms with van der Waals surface area (Å²) in [4.78, 5) is 0. The number of hydrogen-bond acceptors (Lipinski definition) is 0. The standard InChI is InChI=1S/C40H34/c1-3-7-27-9-5-11-29(21-27)31-17-19-37-33(23-31)13-15-35-26-40-36(25-39(35)37)16-14-34-24-32(18-20-38(34)40)30-12-6-10-28(22-30)8-4-2/h5-6,9-26H,3-4,7-8H2,1-2H3. The smallest absolute Gasteiger partial charge is 0.00990 e. The van der Waals surface area contributed by atoms with Gasteiger partial charge < -0.3 is 0 Å². The van der Waals surface area contributed by atoms with Crippen LogP contribution in [0.5, 0.6) is 0 Å². The Morgan fingerprint density at radius 1 is 0.350 bits per heavy atom. The average molecular weight is 515 g/mol. The molecule has 0 atom stereocenters. The molecule has 0 heteroatoms. The Kier molecular flexibility index (Phi) is 6.33. The average Bonchev–Trinajstić information content (AvgIpc) is 3.00. The second-order valence-corrected chi connectivity index (χ2v) is 11.2. The van der Waals surface area contributed by atoms with Crippen molar-refractivity contribution in [3.8, 4) is 22.3 Å². The summed E-state index contributed by atoms with van der Waals surface area (Å²) in [6.07, 6.45) is 4.59. The molecule has 0 N–H and O–H groups in total. The van der Waals surface area contributed by atoms with Gasteiger partial charge in [0.2, 0.25) is 0 Å². The molecule has 40 heavy (non-hydrogen) atoms. The fourth-order valence-electron chi connectivity index (χ4n) is 6.38. The van der Waals surface area contributed by atoms with E-state index < -0.39 is 0 Å². The lowest BCUT2D eigenvalue weighted by Crippen LogP contribution is -1.87. The molecule has 0 aromatic heterocycles. The molecule has 7 aromatic rings. The normalized spacial score (nSPS) is 11.7. The first kappa shape index (κ1) is 24.6. The van der Waals surface area contributed by atoms with Gasteiger partial charge in [0, 0.05) is 0 Å². The summed E-state index contributed by atoms with van der Waals surface area (Å²) < 4.78 is 0. The number of hydrogen-bond donors (Lipinski definition) is 0. The highest BCUT2D eigenvalue weighted by atomic mass is 14.1. The Bertz CT molecular complexity index is 1880. The van der Waals surface area contributed by atoms with Gasteiger partial charge in [0.25, 0.3) is 0 Å². The maximum atomic E-state index is 2.39. The molecule has 0 spiro atoms. The topological polar surface area (TPSA) is 0 Å². The van der Waals surface area contributed by atoms with Crippen molar-refractivity contribution in [1.29, 1.82) is 0 Å². The number of aryl methyl sites for hydroxylation is 2. The van der Waals surface area contributed by atoms with Gasteiger partial charge in [-0.1, -0.05) is 124 Å². The largest absolute Gasteiger partial charge is 0.0651 e. The van der Waals surface area contributed by atoms with E-state index in [1.54, 1.807) is 0 Å². The molecule has 7 aromatic carbocycles. The van der Waals surface area contributed by atoms with Crippen LogP contribution in [-0.4, -0.2) is 0 Å². The molecule has 0 nitrogen and oxygen atoms in total. The zero-order chi connectivity index (χ0) is 27.1. The first-order valence-electron chi connectivity index (χ1n) is 14.7. The van der Waals surface area contributed by atoms with Crippen molar-refractivity contribution in [2.24, 2.45) is 0 Å². The van der Waals surface area contributed by atoms with E-state index >= 15 is 0 Å². The zero-order valence-corrected chi connectivity index (χ0v) is 23.4. The molecule has 0 aliphatic rings. The predicted octanol–water partition coefficient (Wildman–Crippen LogP) is 11.5. The molecule has 0 heterocycles. The van der Waals surface area contributed by atoms with Crippen LogP contribution in [0.3, 0.4) is 0 Å². The Morgan fingerprint density at radius 3 is 1.18 bits per heavy atom. The number of fused-ring (bicyclic) bond motifs is 6. The maximum absolute atomic E-state index is 2.39. The van der Waals surface area contributed by atoms with Crippen LogP contribution in [0.15, 0.2) is 121 Å². The lowest BCUT2D eigenvalue weighted by molar-refractivity contribution is 0.922. The van der Waals surface area contributed by atoms with E-state index in [-0.39, 0.29) is 0 Å². The second-order valence-electron chi connectivity index (χ2n) is 11.2. The molecule has 0 saturated heterocycles. The lowest BCUT2D eigenvalue weighted by atomic mass is 9.92. The van der Waals surface area contributed by atoms with Gasteiger partial charge in [-0.15, -0.1) is 0 Å². The third-order valence-electron chi connectivity index (χ3n) is 8.39. The van der Waals surface area contributed by atoms with Crippen LogP contribution < -0.4 is 0 Å². The van der Waals surface area contributed by atoms with Crippen LogP contribution in [0.25, 0.3) is 65.3 Å². The van der Waals surface area contributed by atoms with E-state index in [9.17, 15) is 0 Å². The van der Waals surface area contributed by atoms with E-state index in [2.05, 4.69) is 135 Å². The number of benzene rings is 7. The van der Waals surface area contributed by atoms with Gasteiger partial charge in [0.1, 0.15) is 0 Å². The van der Waals surface area contributed by atoms with Crippen LogP contribution >= 0.6 is 0 Å². The van der Waals surface area contributed by atoms with Crippen LogP contribution in [0.1, 0.15) is 37.8 Å². The molecule has 194 valence electrons. The van der Waals surface area contributed by atoms with Gasteiger partial charge in [0.05, 0.1) is 0 Å². The van der Waals surface area contributed by atoms with Crippen molar-refractivity contribution in [3.05, 3.63) is 132 Å². The van der Waals surface area contributed by atoms with E-state index in [0.717, 1.165) is 12.8 Å². The van der Waals surface area contributed by atoms with Crippen molar-refractivity contribution >= 4 is 43.1 Å². The molecule has 0 aliphatic heterocycles. The lowest BCUT2D eigenvalue weighted by Gasteiger charge is -2.12. The molecule has 0 bridgehead atoms. The third kappa shape index (κ3) is 4.44. The summed E-state index contributed by atoms with van der Waals surface area (Å²) in [5, 5.41) is 10.4. The van der Waals surface area contributed by atoms with Gasteiger partial charge in [-0.3, -0.25) is 0 Å². The quantitative estimate of drug-likeness (QED) is 0.153. The predicted molar refractivity (Wildman–Crippen MR) is 175 cm³/mol. The molecular formula is C40H34. The van der Waals surface area contributed by atoms with E-state index in [1.165, 1.54) is 89.3 Å². The van der Waals surface area contributed by atoms with E-state index in [1.807, 2.05) is 0 Å². The maximum Gasteiger partial charge on any atom is -0.00990 e. The van der Waals surface area contributed by atoms with E-state index in [0.29, 0.717) is 0 Å². The molecule has 0 radical (unpaired) electrons. The van der Waals surface area contributed by atoms with Gasteiger partial charge in [0.15, 0.2) is 0 Å². The zero-order valence-electron chi connectivity index (χ0n) is 23.4. The Morgan fingerprint density at radius 2 is 0.750 bits per heavy atom. The summed E-state index contributed by atoms with van der Waals surface area (Å²) >= 11 is 0. The van der Waals surface area contributed by atoms with Crippen LogP contribution in [0, 0.1) is 0 Å². The third-order valence-corrected chi connectivity index (χ3v) is 8.39. The van der Waals surface area contributed by atoms with Crippen LogP contribution in [0.2, 0.25) is 0 Å². The van der Waals surface area contributed by atoms with Crippen LogP contribution in [0.4, 0.5) is 0 Å². The SMILES string of the molecule is CCCc1cccc(-c2ccc3c(ccc4cc5c(ccc6cc(-c7cccc(CCC)c7)ccc65)cc43)c2)c1. The fourth-order valence-corrected chi connectivity index (χ4v) is 6.38. The van der Waals surface area contributed by atoms with E-state index in [4.69, 9.17) is 0 Å². The highest BCUT2D eigenvalue weighted by Crippen LogP contribution is 2.36. The van der Waals surface area contributed by atoms with Crippen LogP contribution in [-0.2, 0) is 12.8 Å². The van der Waals surface area contributed by atoms with Crippen molar-refractivity contribution in [2.45, 2.75) is 39.5 Å². The highest BCUT2D eigenvalue weighted by Gasteiger charge is 2.09. The first-order chi connectivity index (χ1) is 19.7. The van der Waals surface area contributed by atoms with Crippen molar-refractivity contribution in [2.75, 3.05) is 0 Å². The van der Waals surface area contributed by atoms with Gasteiger partial charge in [-0.2, -0.15) is 0 Å². The fraction of sp³-hybridized carbons (Fsp3) is 0.150. The van der Waals surface area contributed by atoms with Gasteiger partial charge in [-0.25, -0.2) is 0 Å². The molecule has 0 aliphatic carbocycles. The van der Waals surface area contributed by atoms with Crippen molar-refractivity contribution in [1.82, 2.24) is 0 Å². The summed E-state index contributed by atoms with van der Waals surface area (Å²) in [6, 6.07) is 45.8. The summed E-state index contributed by atoms with van der Waals surface area (Å²) in [5.74, 6) is 0. The van der Waals surface area contributed by atoms with Gasteiger partial charge >= 0.3 is 0 Å². The molecule has 0 saturated carbocycles.